The van der Waals surface area contributed by atoms with Crippen molar-refractivity contribution in [1.82, 2.24) is 4.90 Å². The van der Waals surface area contributed by atoms with Crippen LogP contribution < -0.4 is 0 Å². The topological polar surface area (TPSA) is 12.5 Å². The van der Waals surface area contributed by atoms with Crippen molar-refractivity contribution in [2.75, 3.05) is 32.8 Å². The molecule has 1 heterocycles. The summed E-state index contributed by atoms with van der Waals surface area (Å²) in [6, 6.07) is 3.37. The normalized spacial score (nSPS) is 19.2. The number of hydrogen-bond donors (Lipinski definition) is 0. The molecule has 1 atom stereocenters. The van der Waals surface area contributed by atoms with Gasteiger partial charge in [0.15, 0.2) is 0 Å². The smallest absolute Gasteiger partial charge is 0.128 e. The van der Waals surface area contributed by atoms with Crippen LogP contribution in [0.15, 0.2) is 18.2 Å². The molecule has 1 fully saturated rings. The number of ether oxygens (including phenoxy) is 1. The van der Waals surface area contributed by atoms with E-state index in [0.717, 1.165) is 31.3 Å². The molecule has 1 unspecified atom stereocenters. The SMILES string of the molecule is Fc1ccc(F)c(C(Cl)CN2CCOCC2)c1. The van der Waals surface area contributed by atoms with Crippen molar-refractivity contribution >= 4 is 11.6 Å². The lowest BCUT2D eigenvalue weighted by molar-refractivity contribution is 0.0377. The Bertz CT molecular complexity index is 383. The van der Waals surface area contributed by atoms with Crippen LogP contribution in [0.3, 0.4) is 0 Å². The molecule has 0 amide bonds. The van der Waals surface area contributed by atoms with Crippen LogP contribution in [0.25, 0.3) is 0 Å². The molecule has 0 aliphatic carbocycles. The van der Waals surface area contributed by atoms with E-state index in [1.54, 1.807) is 0 Å². The van der Waals surface area contributed by atoms with Crippen molar-refractivity contribution in [3.05, 3.63) is 35.4 Å². The number of hydrogen-bond acceptors (Lipinski definition) is 2. The Labute approximate surface area is 104 Å². The second-order valence-electron chi connectivity index (χ2n) is 4.05. The molecule has 0 aromatic heterocycles. The van der Waals surface area contributed by atoms with Crippen LogP contribution in [0.4, 0.5) is 8.78 Å². The van der Waals surface area contributed by atoms with Gasteiger partial charge < -0.3 is 4.74 Å². The molecule has 5 heteroatoms. The van der Waals surface area contributed by atoms with E-state index in [9.17, 15) is 8.78 Å². The number of rotatable bonds is 3. The second-order valence-corrected chi connectivity index (χ2v) is 4.57. The van der Waals surface area contributed by atoms with Crippen molar-refractivity contribution in [1.29, 1.82) is 0 Å². The van der Waals surface area contributed by atoms with Gasteiger partial charge in [0.25, 0.3) is 0 Å². The van der Waals surface area contributed by atoms with Crippen molar-refractivity contribution in [2.24, 2.45) is 0 Å². The molecule has 2 nitrogen and oxygen atoms in total. The zero-order chi connectivity index (χ0) is 12.3. The first-order valence-corrected chi connectivity index (χ1v) is 5.99. The van der Waals surface area contributed by atoms with Crippen molar-refractivity contribution in [3.8, 4) is 0 Å². The monoisotopic (exact) mass is 261 g/mol. The maximum Gasteiger partial charge on any atom is 0.128 e. The van der Waals surface area contributed by atoms with Gasteiger partial charge >= 0.3 is 0 Å². The van der Waals surface area contributed by atoms with Crippen molar-refractivity contribution in [3.63, 3.8) is 0 Å². The second kappa shape index (κ2) is 5.76. The van der Waals surface area contributed by atoms with Crippen LogP contribution in [-0.2, 0) is 4.74 Å². The molecular weight excluding hydrogens is 248 g/mol. The van der Waals surface area contributed by atoms with Gasteiger partial charge in [0.2, 0.25) is 0 Å². The highest BCUT2D eigenvalue weighted by atomic mass is 35.5. The highest BCUT2D eigenvalue weighted by Crippen LogP contribution is 2.25. The maximum absolute atomic E-state index is 13.5. The van der Waals surface area contributed by atoms with Crippen molar-refractivity contribution < 1.29 is 13.5 Å². The molecule has 1 aromatic rings. The molecular formula is C12H14ClF2NO. The maximum atomic E-state index is 13.5. The van der Waals surface area contributed by atoms with Gasteiger partial charge in [0.05, 0.1) is 18.6 Å². The molecule has 17 heavy (non-hydrogen) atoms. The van der Waals surface area contributed by atoms with E-state index in [1.165, 1.54) is 0 Å². The standard InChI is InChI=1S/C12H14ClF2NO/c13-11(8-16-3-5-17-6-4-16)10-7-9(14)1-2-12(10)15/h1-2,7,11H,3-6,8H2. The molecule has 0 bridgehead atoms. The summed E-state index contributed by atoms with van der Waals surface area (Å²) in [7, 11) is 0. The molecule has 0 N–H and O–H groups in total. The van der Waals surface area contributed by atoms with Gasteiger partial charge in [-0.05, 0) is 18.2 Å². The summed E-state index contributed by atoms with van der Waals surface area (Å²) < 4.78 is 31.7. The lowest BCUT2D eigenvalue weighted by Crippen LogP contribution is -2.38. The van der Waals surface area contributed by atoms with Gasteiger partial charge in [-0.1, -0.05) is 0 Å². The first-order valence-electron chi connectivity index (χ1n) is 5.56. The van der Waals surface area contributed by atoms with Crippen LogP contribution in [0, 0.1) is 11.6 Å². The van der Waals surface area contributed by atoms with Crippen LogP contribution in [0.2, 0.25) is 0 Å². The van der Waals surface area contributed by atoms with E-state index in [2.05, 4.69) is 4.90 Å². The highest BCUT2D eigenvalue weighted by Gasteiger charge is 2.19. The molecule has 1 aliphatic rings. The zero-order valence-corrected chi connectivity index (χ0v) is 10.1. The third-order valence-corrected chi connectivity index (χ3v) is 3.19. The minimum absolute atomic E-state index is 0.221. The predicted molar refractivity (Wildman–Crippen MR) is 62.2 cm³/mol. The van der Waals surface area contributed by atoms with Gasteiger partial charge in [0.1, 0.15) is 11.6 Å². The van der Waals surface area contributed by atoms with E-state index in [1.807, 2.05) is 0 Å². The van der Waals surface area contributed by atoms with E-state index < -0.39 is 17.0 Å². The molecule has 0 spiro atoms. The summed E-state index contributed by atoms with van der Waals surface area (Å²) in [5.41, 5.74) is 0.221. The van der Waals surface area contributed by atoms with Crippen LogP contribution in [0.1, 0.15) is 10.9 Å². The van der Waals surface area contributed by atoms with E-state index in [-0.39, 0.29) is 5.56 Å². The molecule has 1 saturated heterocycles. The van der Waals surface area contributed by atoms with Gasteiger partial charge in [-0.25, -0.2) is 8.78 Å². The zero-order valence-electron chi connectivity index (χ0n) is 9.33. The van der Waals surface area contributed by atoms with Crippen LogP contribution in [0.5, 0.6) is 0 Å². The lowest BCUT2D eigenvalue weighted by Gasteiger charge is -2.28. The third-order valence-electron chi connectivity index (χ3n) is 2.82. The Hall–Kier alpha value is -0.710. The first kappa shape index (κ1) is 12.7. The Morgan fingerprint density at radius 3 is 2.71 bits per heavy atom. The highest BCUT2D eigenvalue weighted by molar-refractivity contribution is 6.21. The number of morpholine rings is 1. The fraction of sp³-hybridized carbons (Fsp3) is 0.500. The summed E-state index contributed by atoms with van der Waals surface area (Å²) >= 11 is 6.13. The number of alkyl halides is 1. The average Bonchev–Trinajstić information content (AvgIpc) is 2.33. The molecule has 94 valence electrons. The Kier molecular flexibility index (Phi) is 4.31. The minimum atomic E-state index is -0.538. The number of halogens is 3. The molecule has 1 aromatic carbocycles. The fourth-order valence-corrected chi connectivity index (χ4v) is 2.23. The quantitative estimate of drug-likeness (QED) is 0.776. The van der Waals surface area contributed by atoms with Gasteiger partial charge in [-0.3, -0.25) is 4.90 Å². The molecule has 0 radical (unpaired) electrons. The minimum Gasteiger partial charge on any atom is -0.379 e. The summed E-state index contributed by atoms with van der Waals surface area (Å²) in [6.45, 7) is 3.39. The lowest BCUT2D eigenvalue weighted by atomic mass is 10.1. The van der Waals surface area contributed by atoms with E-state index in [0.29, 0.717) is 19.8 Å². The van der Waals surface area contributed by atoms with Crippen LogP contribution >= 0.6 is 11.6 Å². The molecule has 0 saturated carbocycles. The fourth-order valence-electron chi connectivity index (χ4n) is 1.86. The van der Waals surface area contributed by atoms with Crippen LogP contribution in [-0.4, -0.2) is 37.7 Å². The largest absolute Gasteiger partial charge is 0.379 e. The predicted octanol–water partition coefficient (Wildman–Crippen LogP) is 2.58. The summed E-state index contributed by atoms with van der Waals surface area (Å²) in [5, 5.41) is -0.538. The van der Waals surface area contributed by atoms with E-state index in [4.69, 9.17) is 16.3 Å². The van der Waals surface area contributed by atoms with Gasteiger partial charge in [-0.15, -0.1) is 11.6 Å². The Morgan fingerprint density at radius 1 is 1.29 bits per heavy atom. The molecule has 2 rings (SSSR count). The first-order chi connectivity index (χ1) is 8.16. The number of benzene rings is 1. The van der Waals surface area contributed by atoms with Gasteiger partial charge in [-0.2, -0.15) is 0 Å². The number of nitrogens with zero attached hydrogens (tertiary/aromatic N) is 1. The van der Waals surface area contributed by atoms with E-state index >= 15 is 0 Å². The average molecular weight is 262 g/mol. The molecule has 1 aliphatic heterocycles. The third kappa shape index (κ3) is 3.37. The summed E-state index contributed by atoms with van der Waals surface area (Å²) in [4.78, 5) is 2.09. The Morgan fingerprint density at radius 2 is 2.00 bits per heavy atom. The Balaban J connectivity index is 2.02. The van der Waals surface area contributed by atoms with Gasteiger partial charge in [0, 0.05) is 25.2 Å². The summed E-state index contributed by atoms with van der Waals surface area (Å²) in [5.74, 6) is -0.923. The van der Waals surface area contributed by atoms with Crippen molar-refractivity contribution in [2.45, 2.75) is 5.38 Å². The summed E-state index contributed by atoms with van der Waals surface area (Å²) in [6.07, 6.45) is 0.